The Morgan fingerprint density at radius 1 is 1.56 bits per heavy atom. The van der Waals surface area contributed by atoms with Crippen LogP contribution in [-0.2, 0) is 0 Å². The van der Waals surface area contributed by atoms with Gasteiger partial charge in [0.2, 0.25) is 0 Å². The lowest BCUT2D eigenvalue weighted by molar-refractivity contribution is 0.554. The molecule has 0 nitrogen and oxygen atoms in total. The van der Waals surface area contributed by atoms with Crippen molar-refractivity contribution in [1.29, 1.82) is 0 Å². The van der Waals surface area contributed by atoms with Gasteiger partial charge in [-0.05, 0) is 37.0 Å². The van der Waals surface area contributed by atoms with Crippen LogP contribution in [0.3, 0.4) is 0 Å². The van der Waals surface area contributed by atoms with E-state index in [2.05, 4.69) is 13.5 Å². The van der Waals surface area contributed by atoms with Crippen molar-refractivity contribution in [3.63, 3.8) is 0 Å². The molecule has 0 spiro atoms. The van der Waals surface area contributed by atoms with E-state index in [9.17, 15) is 0 Å². The predicted octanol–water partition coefficient (Wildman–Crippen LogP) is 2.61. The molecular formula is C9H14. The Hall–Kier alpha value is -0.260. The molecule has 3 atom stereocenters. The van der Waals surface area contributed by atoms with Gasteiger partial charge in [-0.25, -0.2) is 0 Å². The van der Waals surface area contributed by atoms with Gasteiger partial charge < -0.3 is 0 Å². The lowest BCUT2D eigenvalue weighted by atomic mass is 9.97. The van der Waals surface area contributed by atoms with E-state index in [0.717, 1.165) is 17.8 Å². The van der Waals surface area contributed by atoms with Crippen molar-refractivity contribution in [2.75, 3.05) is 0 Å². The van der Waals surface area contributed by atoms with E-state index in [4.69, 9.17) is 0 Å². The summed E-state index contributed by atoms with van der Waals surface area (Å²) in [6, 6.07) is 0. The fourth-order valence-corrected chi connectivity index (χ4v) is 2.21. The SMILES string of the molecule is C=C1[C@H](CC)CC2C[C@H]12. The molecule has 9 heavy (non-hydrogen) atoms. The van der Waals surface area contributed by atoms with Gasteiger partial charge in [0.15, 0.2) is 0 Å². The molecule has 2 saturated carbocycles. The van der Waals surface area contributed by atoms with Gasteiger partial charge in [-0.3, -0.25) is 0 Å². The second-order valence-corrected chi connectivity index (χ2v) is 3.52. The van der Waals surface area contributed by atoms with Crippen LogP contribution in [0.5, 0.6) is 0 Å². The molecule has 0 heterocycles. The van der Waals surface area contributed by atoms with Crippen LogP contribution in [-0.4, -0.2) is 0 Å². The van der Waals surface area contributed by atoms with Crippen molar-refractivity contribution in [2.45, 2.75) is 26.2 Å². The van der Waals surface area contributed by atoms with E-state index >= 15 is 0 Å². The molecule has 2 aliphatic carbocycles. The van der Waals surface area contributed by atoms with Crippen LogP contribution >= 0.6 is 0 Å². The summed E-state index contributed by atoms with van der Waals surface area (Å²) in [5.41, 5.74) is 1.57. The molecule has 0 radical (unpaired) electrons. The van der Waals surface area contributed by atoms with Gasteiger partial charge in [0.25, 0.3) is 0 Å². The molecule has 0 aromatic heterocycles. The Morgan fingerprint density at radius 3 is 2.67 bits per heavy atom. The molecule has 0 N–H and O–H groups in total. The average Bonchev–Trinajstić information content (AvgIpc) is 2.55. The minimum atomic E-state index is 0.897. The molecule has 2 rings (SSSR count). The van der Waals surface area contributed by atoms with Crippen LogP contribution in [0, 0.1) is 17.8 Å². The first kappa shape index (κ1) is 5.52. The van der Waals surface area contributed by atoms with E-state index in [1.165, 1.54) is 19.3 Å². The highest BCUT2D eigenvalue weighted by atomic mass is 14.5. The summed E-state index contributed by atoms with van der Waals surface area (Å²) in [7, 11) is 0. The van der Waals surface area contributed by atoms with E-state index in [0.29, 0.717) is 0 Å². The maximum Gasteiger partial charge on any atom is -0.0172 e. The molecule has 0 amide bonds. The van der Waals surface area contributed by atoms with Crippen molar-refractivity contribution in [1.82, 2.24) is 0 Å². The Balaban J connectivity index is 2.08. The topological polar surface area (TPSA) is 0 Å². The number of fused-ring (bicyclic) bond motifs is 1. The van der Waals surface area contributed by atoms with E-state index in [1.54, 1.807) is 5.57 Å². The Labute approximate surface area is 57.0 Å². The van der Waals surface area contributed by atoms with Crippen LogP contribution in [0.4, 0.5) is 0 Å². The highest BCUT2D eigenvalue weighted by molar-refractivity contribution is 5.21. The fourth-order valence-electron chi connectivity index (χ4n) is 2.21. The second-order valence-electron chi connectivity index (χ2n) is 3.52. The Kier molecular flexibility index (Phi) is 0.992. The summed E-state index contributed by atoms with van der Waals surface area (Å²) >= 11 is 0. The zero-order chi connectivity index (χ0) is 6.43. The van der Waals surface area contributed by atoms with Gasteiger partial charge in [-0.2, -0.15) is 0 Å². The van der Waals surface area contributed by atoms with E-state index in [-0.39, 0.29) is 0 Å². The maximum atomic E-state index is 4.13. The molecular weight excluding hydrogens is 108 g/mol. The van der Waals surface area contributed by atoms with Crippen molar-refractivity contribution in [3.8, 4) is 0 Å². The first-order chi connectivity index (χ1) is 4.33. The average molecular weight is 122 g/mol. The number of rotatable bonds is 1. The molecule has 50 valence electrons. The smallest absolute Gasteiger partial charge is 0.0172 e. The zero-order valence-corrected chi connectivity index (χ0v) is 6.06. The third-order valence-corrected chi connectivity index (χ3v) is 3.00. The van der Waals surface area contributed by atoms with Gasteiger partial charge in [-0.1, -0.05) is 19.1 Å². The normalized spacial score (nSPS) is 47.2. The van der Waals surface area contributed by atoms with E-state index in [1.807, 2.05) is 0 Å². The quantitative estimate of drug-likeness (QED) is 0.469. The van der Waals surface area contributed by atoms with Crippen molar-refractivity contribution in [2.24, 2.45) is 17.8 Å². The van der Waals surface area contributed by atoms with Gasteiger partial charge in [0, 0.05) is 0 Å². The molecule has 1 unspecified atom stereocenters. The summed E-state index contributed by atoms with van der Waals surface area (Å²) < 4.78 is 0. The fraction of sp³-hybridized carbons (Fsp3) is 0.778. The highest BCUT2D eigenvalue weighted by Gasteiger charge is 2.47. The van der Waals surface area contributed by atoms with Gasteiger partial charge >= 0.3 is 0 Å². The van der Waals surface area contributed by atoms with Gasteiger partial charge in [-0.15, -0.1) is 0 Å². The largest absolute Gasteiger partial charge is 0.0993 e. The molecule has 0 aromatic carbocycles. The summed E-state index contributed by atoms with van der Waals surface area (Å²) in [6.07, 6.45) is 4.25. The second kappa shape index (κ2) is 1.62. The van der Waals surface area contributed by atoms with Crippen LogP contribution in [0.2, 0.25) is 0 Å². The van der Waals surface area contributed by atoms with Crippen LogP contribution < -0.4 is 0 Å². The lowest BCUT2D eigenvalue weighted by Gasteiger charge is -2.09. The Bertz CT molecular complexity index is 146. The molecule has 2 aliphatic rings. The van der Waals surface area contributed by atoms with E-state index < -0.39 is 0 Å². The molecule has 0 aromatic rings. The van der Waals surface area contributed by atoms with Crippen LogP contribution in [0.15, 0.2) is 12.2 Å². The minimum absolute atomic E-state index is 0.897. The first-order valence-electron chi connectivity index (χ1n) is 4.01. The third-order valence-electron chi connectivity index (χ3n) is 3.00. The molecule has 0 bridgehead atoms. The standard InChI is InChI=1S/C9H14/c1-3-7-4-8-5-9(8)6(7)2/h7-9H,2-5H2,1H3/t7-,8?,9-/m1/s1. The van der Waals surface area contributed by atoms with Crippen molar-refractivity contribution in [3.05, 3.63) is 12.2 Å². The predicted molar refractivity (Wildman–Crippen MR) is 39.1 cm³/mol. The monoisotopic (exact) mass is 122 g/mol. The molecule has 0 aliphatic heterocycles. The number of hydrogen-bond acceptors (Lipinski definition) is 0. The Morgan fingerprint density at radius 2 is 2.33 bits per heavy atom. The van der Waals surface area contributed by atoms with Crippen LogP contribution in [0.1, 0.15) is 26.2 Å². The first-order valence-corrected chi connectivity index (χ1v) is 4.01. The highest BCUT2D eigenvalue weighted by Crippen LogP contribution is 2.57. The van der Waals surface area contributed by atoms with Crippen LogP contribution in [0.25, 0.3) is 0 Å². The molecule has 0 saturated heterocycles. The van der Waals surface area contributed by atoms with Crippen molar-refractivity contribution >= 4 is 0 Å². The zero-order valence-electron chi connectivity index (χ0n) is 6.06. The summed E-state index contributed by atoms with van der Waals surface area (Å²) in [4.78, 5) is 0. The lowest BCUT2D eigenvalue weighted by Crippen LogP contribution is -1.96. The maximum absolute atomic E-state index is 4.13. The summed E-state index contributed by atoms with van der Waals surface area (Å²) in [5, 5.41) is 0. The van der Waals surface area contributed by atoms with Gasteiger partial charge in [0.1, 0.15) is 0 Å². The molecule has 0 heteroatoms. The summed E-state index contributed by atoms with van der Waals surface area (Å²) in [5.74, 6) is 2.94. The van der Waals surface area contributed by atoms with Crippen molar-refractivity contribution < 1.29 is 0 Å². The molecule has 2 fully saturated rings. The summed E-state index contributed by atoms with van der Waals surface area (Å²) in [6.45, 7) is 6.41. The van der Waals surface area contributed by atoms with Gasteiger partial charge in [0.05, 0.1) is 0 Å². The minimum Gasteiger partial charge on any atom is -0.0993 e. The number of allylic oxidation sites excluding steroid dienone is 1. The third kappa shape index (κ3) is 0.654. The number of hydrogen-bond donors (Lipinski definition) is 0.